The Morgan fingerprint density at radius 3 is 2.53 bits per heavy atom. The molecule has 0 saturated carbocycles. The van der Waals surface area contributed by atoms with Gasteiger partial charge in [0, 0.05) is 29.9 Å². The van der Waals surface area contributed by atoms with Crippen LogP contribution in [-0.4, -0.2) is 13.0 Å². The number of carbonyl (C=O) groups is 1. The van der Waals surface area contributed by atoms with Crippen molar-refractivity contribution in [2.24, 2.45) is 5.92 Å². The molecule has 1 amide bonds. The Balaban J connectivity index is 1.49. The van der Waals surface area contributed by atoms with E-state index in [2.05, 4.69) is 60.8 Å². The predicted octanol–water partition coefficient (Wildman–Crippen LogP) is 6.10. The molecule has 3 unspecified atom stereocenters. The molecule has 0 fully saturated rings. The average molecular weight is 395 g/mol. The summed E-state index contributed by atoms with van der Waals surface area (Å²) < 4.78 is 0. The molecule has 3 nitrogen and oxygen atoms in total. The van der Waals surface area contributed by atoms with Crippen molar-refractivity contribution in [3.63, 3.8) is 0 Å². The normalized spacial score (nSPS) is 21.5. The van der Waals surface area contributed by atoms with Crippen molar-refractivity contribution in [1.29, 1.82) is 0 Å². The minimum absolute atomic E-state index is 0.0172. The van der Waals surface area contributed by atoms with E-state index in [0.717, 1.165) is 23.4 Å². The second-order valence-corrected chi connectivity index (χ2v) is 8.33. The zero-order valence-electron chi connectivity index (χ0n) is 17.4. The summed E-state index contributed by atoms with van der Waals surface area (Å²) in [4.78, 5) is 14.9. The van der Waals surface area contributed by atoms with Crippen LogP contribution in [-0.2, 0) is 0 Å². The van der Waals surface area contributed by atoms with Crippen LogP contribution < -0.4 is 10.2 Å². The summed E-state index contributed by atoms with van der Waals surface area (Å²) in [5.41, 5.74) is 6.68. The number of allylic oxidation sites excluding steroid dienone is 2. The Kier molecular flexibility index (Phi) is 4.66. The third kappa shape index (κ3) is 3.11. The SMILES string of the molecule is Cc1ccccc1C1Nc2ccc(C(=O)N(C)c3ccccc3)cc2C2C=CCC21. The van der Waals surface area contributed by atoms with E-state index < -0.39 is 0 Å². The highest BCUT2D eigenvalue weighted by molar-refractivity contribution is 6.06. The van der Waals surface area contributed by atoms with E-state index in [0.29, 0.717) is 11.8 Å². The first-order valence-electron chi connectivity index (χ1n) is 10.6. The molecule has 0 spiro atoms. The molecule has 0 saturated heterocycles. The molecule has 5 rings (SSSR count). The zero-order valence-corrected chi connectivity index (χ0v) is 17.4. The molecule has 1 aliphatic heterocycles. The van der Waals surface area contributed by atoms with E-state index in [9.17, 15) is 4.79 Å². The zero-order chi connectivity index (χ0) is 20.7. The van der Waals surface area contributed by atoms with Crippen molar-refractivity contribution in [2.75, 3.05) is 17.3 Å². The van der Waals surface area contributed by atoms with E-state index in [4.69, 9.17) is 0 Å². The van der Waals surface area contributed by atoms with Crippen LogP contribution in [0.5, 0.6) is 0 Å². The van der Waals surface area contributed by atoms with E-state index in [1.807, 2.05) is 43.4 Å². The number of rotatable bonds is 3. The molecule has 1 heterocycles. The molecular formula is C27H26N2O. The quantitative estimate of drug-likeness (QED) is 0.545. The lowest BCUT2D eigenvalue weighted by Crippen LogP contribution is -2.30. The maximum atomic E-state index is 13.1. The standard InChI is InChI=1S/C27H26N2O/c1-18-9-6-7-12-21(18)26-23-14-8-13-22(23)24-17-19(15-16-25(24)28-26)27(30)29(2)20-10-4-3-5-11-20/h3-13,15-17,22-23,26,28H,14H2,1-2H3. The maximum Gasteiger partial charge on any atom is 0.258 e. The number of amides is 1. The fourth-order valence-electron chi connectivity index (χ4n) is 4.93. The van der Waals surface area contributed by atoms with Crippen LogP contribution in [0.2, 0.25) is 0 Å². The van der Waals surface area contributed by atoms with E-state index >= 15 is 0 Å². The number of nitrogens with zero attached hydrogens (tertiary/aromatic N) is 1. The Morgan fingerprint density at radius 2 is 1.73 bits per heavy atom. The molecule has 30 heavy (non-hydrogen) atoms. The van der Waals surface area contributed by atoms with Gasteiger partial charge in [0.2, 0.25) is 0 Å². The summed E-state index contributed by atoms with van der Waals surface area (Å²) in [6.07, 6.45) is 5.67. The highest BCUT2D eigenvalue weighted by Crippen LogP contribution is 2.50. The molecule has 0 radical (unpaired) electrons. The number of benzene rings is 3. The Hall–Kier alpha value is -3.33. The van der Waals surface area contributed by atoms with Crippen molar-refractivity contribution >= 4 is 17.3 Å². The average Bonchev–Trinajstić information content (AvgIpc) is 3.29. The van der Waals surface area contributed by atoms with Gasteiger partial charge in [-0.25, -0.2) is 0 Å². The van der Waals surface area contributed by atoms with Gasteiger partial charge in [-0.15, -0.1) is 0 Å². The van der Waals surface area contributed by atoms with Crippen LogP contribution in [0.15, 0.2) is 84.9 Å². The van der Waals surface area contributed by atoms with Crippen molar-refractivity contribution in [3.8, 4) is 0 Å². The topological polar surface area (TPSA) is 32.3 Å². The van der Waals surface area contributed by atoms with Crippen LogP contribution >= 0.6 is 0 Å². The summed E-state index contributed by atoms with van der Waals surface area (Å²) in [5, 5.41) is 3.79. The van der Waals surface area contributed by atoms with E-state index in [1.165, 1.54) is 16.7 Å². The van der Waals surface area contributed by atoms with Crippen LogP contribution in [0.3, 0.4) is 0 Å². The van der Waals surface area contributed by atoms with Crippen molar-refractivity contribution in [1.82, 2.24) is 0 Å². The highest BCUT2D eigenvalue weighted by atomic mass is 16.2. The molecule has 2 aliphatic rings. The molecule has 3 aromatic rings. The van der Waals surface area contributed by atoms with Gasteiger partial charge in [0.05, 0.1) is 6.04 Å². The fourth-order valence-corrected chi connectivity index (χ4v) is 4.93. The fraction of sp³-hybridized carbons (Fsp3) is 0.222. The van der Waals surface area contributed by atoms with E-state index in [-0.39, 0.29) is 11.9 Å². The molecule has 0 aromatic heterocycles. The minimum atomic E-state index is 0.0172. The first-order chi connectivity index (χ1) is 14.6. The van der Waals surface area contributed by atoms with Gasteiger partial charge in [-0.1, -0.05) is 54.6 Å². The summed E-state index contributed by atoms with van der Waals surface area (Å²) in [7, 11) is 1.84. The van der Waals surface area contributed by atoms with Gasteiger partial charge in [-0.3, -0.25) is 4.79 Å². The van der Waals surface area contributed by atoms with Gasteiger partial charge in [-0.05, 0) is 66.3 Å². The number of nitrogens with one attached hydrogen (secondary N) is 1. The lowest BCUT2D eigenvalue weighted by molar-refractivity contribution is 0.0993. The van der Waals surface area contributed by atoms with Crippen LogP contribution in [0, 0.1) is 12.8 Å². The number of hydrogen-bond acceptors (Lipinski definition) is 2. The summed E-state index contributed by atoms with van der Waals surface area (Å²) in [6, 6.07) is 24.8. The first kappa shape index (κ1) is 18.7. The molecule has 3 heteroatoms. The third-order valence-electron chi connectivity index (χ3n) is 6.58. The lowest BCUT2D eigenvalue weighted by Gasteiger charge is -2.38. The molecule has 150 valence electrons. The highest BCUT2D eigenvalue weighted by Gasteiger charge is 2.38. The lowest BCUT2D eigenvalue weighted by atomic mass is 9.76. The van der Waals surface area contributed by atoms with Crippen molar-refractivity contribution in [2.45, 2.75) is 25.3 Å². The third-order valence-corrected chi connectivity index (χ3v) is 6.58. The van der Waals surface area contributed by atoms with Gasteiger partial charge < -0.3 is 10.2 Å². The maximum absolute atomic E-state index is 13.1. The monoisotopic (exact) mass is 394 g/mol. The Bertz CT molecular complexity index is 1120. The van der Waals surface area contributed by atoms with Crippen molar-refractivity contribution < 1.29 is 4.79 Å². The van der Waals surface area contributed by atoms with Crippen molar-refractivity contribution in [3.05, 3.63) is 107 Å². The number of para-hydroxylation sites is 1. The largest absolute Gasteiger partial charge is 0.378 e. The van der Waals surface area contributed by atoms with Crippen LogP contribution in [0.25, 0.3) is 0 Å². The van der Waals surface area contributed by atoms with Gasteiger partial charge in [0.1, 0.15) is 0 Å². The summed E-state index contributed by atoms with van der Waals surface area (Å²) in [6.45, 7) is 2.19. The molecule has 0 bridgehead atoms. The Morgan fingerprint density at radius 1 is 0.967 bits per heavy atom. The Labute approximate surface area is 178 Å². The smallest absolute Gasteiger partial charge is 0.258 e. The number of anilines is 2. The predicted molar refractivity (Wildman–Crippen MR) is 123 cm³/mol. The molecule has 3 aromatic carbocycles. The molecule has 1 N–H and O–H groups in total. The number of carbonyl (C=O) groups excluding carboxylic acids is 1. The van der Waals surface area contributed by atoms with Crippen LogP contribution in [0.4, 0.5) is 11.4 Å². The molecule has 3 atom stereocenters. The van der Waals surface area contributed by atoms with Gasteiger partial charge >= 0.3 is 0 Å². The van der Waals surface area contributed by atoms with Gasteiger partial charge in [-0.2, -0.15) is 0 Å². The number of hydrogen-bond donors (Lipinski definition) is 1. The van der Waals surface area contributed by atoms with Gasteiger partial charge in [0.15, 0.2) is 0 Å². The second-order valence-electron chi connectivity index (χ2n) is 8.33. The van der Waals surface area contributed by atoms with Crippen LogP contribution in [0.1, 0.15) is 45.4 Å². The van der Waals surface area contributed by atoms with Gasteiger partial charge in [0.25, 0.3) is 5.91 Å². The van der Waals surface area contributed by atoms with E-state index in [1.54, 1.807) is 4.90 Å². The first-order valence-corrected chi connectivity index (χ1v) is 10.6. The summed E-state index contributed by atoms with van der Waals surface area (Å²) >= 11 is 0. The summed E-state index contributed by atoms with van der Waals surface area (Å²) in [5.74, 6) is 0.819. The number of aryl methyl sites for hydroxylation is 1. The molecular weight excluding hydrogens is 368 g/mol. The second kappa shape index (κ2) is 7.49. The molecule has 1 aliphatic carbocycles. The minimum Gasteiger partial charge on any atom is -0.378 e. The number of fused-ring (bicyclic) bond motifs is 3.